The molecule has 27 heavy (non-hydrogen) atoms. The first kappa shape index (κ1) is 17.6. The summed E-state index contributed by atoms with van der Waals surface area (Å²) in [6, 6.07) is 19.5. The molecule has 1 aromatic heterocycles. The molecule has 0 saturated carbocycles. The Bertz CT molecular complexity index is 1150. The number of nitrogens with zero attached hydrogens (tertiary/aromatic N) is 2. The SMILES string of the molecule is O=C(CSc1nc2ccc(Cl)cc2[nH]1)NN=Cc1cccc2ccccc12. The first-order chi connectivity index (χ1) is 13.2. The minimum Gasteiger partial charge on any atom is -0.333 e. The van der Waals surface area contributed by atoms with Crippen LogP contribution in [0.4, 0.5) is 0 Å². The Labute approximate surface area is 164 Å². The van der Waals surface area contributed by atoms with Crippen LogP contribution < -0.4 is 5.43 Å². The summed E-state index contributed by atoms with van der Waals surface area (Å²) in [5, 5.41) is 7.61. The van der Waals surface area contributed by atoms with E-state index in [4.69, 9.17) is 11.6 Å². The molecule has 0 saturated heterocycles. The predicted molar refractivity (Wildman–Crippen MR) is 112 cm³/mol. The van der Waals surface area contributed by atoms with E-state index in [1.807, 2.05) is 54.6 Å². The number of benzene rings is 3. The van der Waals surface area contributed by atoms with Crippen molar-refractivity contribution in [3.05, 3.63) is 71.2 Å². The predicted octanol–water partition coefficient (Wildman–Crippen LogP) is 4.61. The van der Waals surface area contributed by atoms with E-state index in [-0.39, 0.29) is 11.7 Å². The lowest BCUT2D eigenvalue weighted by molar-refractivity contribution is -0.118. The van der Waals surface area contributed by atoms with Gasteiger partial charge in [-0.3, -0.25) is 4.79 Å². The molecule has 2 N–H and O–H groups in total. The highest BCUT2D eigenvalue weighted by molar-refractivity contribution is 7.99. The van der Waals surface area contributed by atoms with E-state index in [9.17, 15) is 4.79 Å². The normalized spacial score (nSPS) is 11.4. The van der Waals surface area contributed by atoms with Gasteiger partial charge in [0.05, 0.1) is 23.0 Å². The molecular formula is C20H15ClN4OS. The lowest BCUT2D eigenvalue weighted by Crippen LogP contribution is -2.19. The van der Waals surface area contributed by atoms with Crippen LogP contribution in [0.1, 0.15) is 5.56 Å². The van der Waals surface area contributed by atoms with E-state index in [1.165, 1.54) is 11.8 Å². The first-order valence-corrected chi connectivity index (χ1v) is 9.63. The third-order valence-electron chi connectivity index (χ3n) is 3.98. The van der Waals surface area contributed by atoms with E-state index >= 15 is 0 Å². The van der Waals surface area contributed by atoms with Gasteiger partial charge in [0.2, 0.25) is 0 Å². The van der Waals surface area contributed by atoms with Crippen LogP contribution in [0.25, 0.3) is 21.8 Å². The molecule has 0 atom stereocenters. The van der Waals surface area contributed by atoms with Crippen molar-refractivity contribution < 1.29 is 4.79 Å². The number of rotatable bonds is 5. The third-order valence-corrected chi connectivity index (χ3v) is 5.09. The molecular weight excluding hydrogens is 380 g/mol. The summed E-state index contributed by atoms with van der Waals surface area (Å²) in [6.45, 7) is 0. The van der Waals surface area contributed by atoms with Gasteiger partial charge in [0.25, 0.3) is 5.91 Å². The number of amides is 1. The number of imidazole rings is 1. The Hall–Kier alpha value is -2.83. The van der Waals surface area contributed by atoms with Crippen LogP contribution in [-0.2, 0) is 4.79 Å². The maximum atomic E-state index is 12.0. The second-order valence-corrected chi connectivity index (χ2v) is 7.25. The number of aromatic nitrogens is 2. The van der Waals surface area contributed by atoms with E-state index < -0.39 is 0 Å². The molecule has 134 valence electrons. The molecule has 0 aliphatic rings. The Morgan fingerprint density at radius 3 is 2.96 bits per heavy atom. The van der Waals surface area contributed by atoms with Gasteiger partial charge in [-0.05, 0) is 29.0 Å². The molecule has 0 bridgehead atoms. The number of hydrogen-bond acceptors (Lipinski definition) is 4. The Morgan fingerprint density at radius 1 is 1.19 bits per heavy atom. The van der Waals surface area contributed by atoms with Gasteiger partial charge < -0.3 is 4.98 Å². The largest absolute Gasteiger partial charge is 0.333 e. The zero-order valence-electron chi connectivity index (χ0n) is 14.1. The van der Waals surface area contributed by atoms with Crippen molar-refractivity contribution in [2.24, 2.45) is 5.10 Å². The summed E-state index contributed by atoms with van der Waals surface area (Å²) >= 11 is 7.28. The van der Waals surface area contributed by atoms with E-state index in [0.29, 0.717) is 10.2 Å². The fraction of sp³-hybridized carbons (Fsp3) is 0.0500. The van der Waals surface area contributed by atoms with Crippen LogP contribution in [0.2, 0.25) is 5.02 Å². The topological polar surface area (TPSA) is 70.1 Å². The number of carbonyl (C=O) groups excluding carboxylic acids is 1. The molecule has 4 rings (SSSR count). The Kier molecular flexibility index (Phi) is 5.09. The molecule has 1 amide bonds. The van der Waals surface area contributed by atoms with Crippen molar-refractivity contribution in [3.63, 3.8) is 0 Å². The number of hydrazone groups is 1. The van der Waals surface area contributed by atoms with Gasteiger partial charge in [-0.1, -0.05) is 65.8 Å². The van der Waals surface area contributed by atoms with Gasteiger partial charge in [0.1, 0.15) is 0 Å². The maximum absolute atomic E-state index is 12.0. The monoisotopic (exact) mass is 394 g/mol. The molecule has 0 aliphatic carbocycles. The van der Waals surface area contributed by atoms with Crippen LogP contribution in [0.5, 0.6) is 0 Å². The van der Waals surface area contributed by atoms with Crippen LogP contribution in [0.15, 0.2) is 70.9 Å². The number of aromatic amines is 1. The smallest absolute Gasteiger partial charge is 0.250 e. The van der Waals surface area contributed by atoms with Gasteiger partial charge in [0.15, 0.2) is 5.16 Å². The first-order valence-electron chi connectivity index (χ1n) is 8.27. The van der Waals surface area contributed by atoms with Gasteiger partial charge in [-0.25, -0.2) is 10.4 Å². The standard InChI is InChI=1S/C20H15ClN4OS/c21-15-8-9-17-18(10-15)24-20(23-17)27-12-19(26)25-22-11-14-6-3-5-13-4-1-2-7-16(13)14/h1-11H,12H2,(H,23,24)(H,25,26). The highest BCUT2D eigenvalue weighted by Gasteiger charge is 2.07. The molecule has 0 fully saturated rings. The van der Waals surface area contributed by atoms with Crippen LogP contribution >= 0.6 is 23.4 Å². The summed E-state index contributed by atoms with van der Waals surface area (Å²) in [4.78, 5) is 19.6. The summed E-state index contributed by atoms with van der Waals surface area (Å²) < 4.78 is 0. The van der Waals surface area contributed by atoms with Gasteiger partial charge in [-0.2, -0.15) is 5.10 Å². The number of nitrogens with one attached hydrogen (secondary N) is 2. The average molecular weight is 395 g/mol. The Balaban J connectivity index is 1.37. The number of hydrogen-bond donors (Lipinski definition) is 2. The maximum Gasteiger partial charge on any atom is 0.250 e. The van der Waals surface area contributed by atoms with Crippen LogP contribution in [-0.4, -0.2) is 27.8 Å². The van der Waals surface area contributed by atoms with E-state index in [0.717, 1.165) is 27.4 Å². The summed E-state index contributed by atoms with van der Waals surface area (Å²) in [5.41, 5.74) is 5.17. The average Bonchev–Trinajstić information content (AvgIpc) is 3.08. The fourth-order valence-electron chi connectivity index (χ4n) is 2.73. The zero-order chi connectivity index (χ0) is 18.6. The summed E-state index contributed by atoms with van der Waals surface area (Å²) in [5.74, 6) is 0.00966. The van der Waals surface area contributed by atoms with Crippen molar-refractivity contribution >= 4 is 57.3 Å². The molecule has 0 unspecified atom stereocenters. The lowest BCUT2D eigenvalue weighted by atomic mass is 10.1. The minimum absolute atomic E-state index is 0.199. The van der Waals surface area contributed by atoms with Gasteiger partial charge in [0, 0.05) is 10.6 Å². The number of thioether (sulfide) groups is 1. The number of carbonyl (C=O) groups is 1. The van der Waals surface area contributed by atoms with Crippen molar-refractivity contribution in [1.82, 2.24) is 15.4 Å². The molecule has 7 heteroatoms. The number of H-pyrrole nitrogens is 1. The molecule has 5 nitrogen and oxygen atoms in total. The van der Waals surface area contributed by atoms with Crippen molar-refractivity contribution in [1.29, 1.82) is 0 Å². The quantitative estimate of drug-likeness (QED) is 0.295. The molecule has 1 heterocycles. The van der Waals surface area contributed by atoms with Gasteiger partial charge in [-0.15, -0.1) is 0 Å². The highest BCUT2D eigenvalue weighted by Crippen LogP contribution is 2.22. The second kappa shape index (κ2) is 7.82. The summed E-state index contributed by atoms with van der Waals surface area (Å²) in [6.07, 6.45) is 1.66. The molecule has 0 radical (unpaired) electrons. The number of fused-ring (bicyclic) bond motifs is 2. The fourth-order valence-corrected chi connectivity index (χ4v) is 3.58. The molecule has 0 aliphatic heterocycles. The summed E-state index contributed by atoms with van der Waals surface area (Å²) in [7, 11) is 0. The van der Waals surface area contributed by atoms with E-state index in [2.05, 4.69) is 20.5 Å². The lowest BCUT2D eigenvalue weighted by Gasteiger charge is -2.01. The Morgan fingerprint density at radius 2 is 2.04 bits per heavy atom. The molecule has 0 spiro atoms. The zero-order valence-corrected chi connectivity index (χ0v) is 15.7. The van der Waals surface area contributed by atoms with E-state index in [1.54, 1.807) is 12.3 Å². The van der Waals surface area contributed by atoms with Crippen molar-refractivity contribution in [3.8, 4) is 0 Å². The molecule has 3 aromatic carbocycles. The second-order valence-electron chi connectivity index (χ2n) is 5.85. The van der Waals surface area contributed by atoms with Crippen molar-refractivity contribution in [2.45, 2.75) is 5.16 Å². The van der Waals surface area contributed by atoms with Crippen LogP contribution in [0.3, 0.4) is 0 Å². The number of halogens is 1. The minimum atomic E-state index is -0.199. The third kappa shape index (κ3) is 4.13. The molecule has 4 aromatic rings. The van der Waals surface area contributed by atoms with Crippen molar-refractivity contribution in [2.75, 3.05) is 5.75 Å². The van der Waals surface area contributed by atoms with Crippen LogP contribution in [0, 0.1) is 0 Å². The highest BCUT2D eigenvalue weighted by atomic mass is 35.5. The van der Waals surface area contributed by atoms with Gasteiger partial charge >= 0.3 is 0 Å².